The van der Waals surface area contributed by atoms with Crippen molar-refractivity contribution in [1.29, 1.82) is 0 Å². The highest BCUT2D eigenvalue weighted by molar-refractivity contribution is 5.93. The molecule has 6 nitrogen and oxygen atoms in total. The highest BCUT2D eigenvalue weighted by Gasteiger charge is 2.12. The summed E-state index contributed by atoms with van der Waals surface area (Å²) >= 11 is 0. The number of aromatic carboxylic acids is 1. The quantitative estimate of drug-likeness (QED) is 0.909. The molecule has 0 aliphatic heterocycles. The number of benzene rings is 1. The van der Waals surface area contributed by atoms with E-state index in [0.29, 0.717) is 12.1 Å². The highest BCUT2D eigenvalue weighted by atomic mass is 16.4. The molecule has 0 bridgehead atoms. The Labute approximate surface area is 115 Å². The van der Waals surface area contributed by atoms with Gasteiger partial charge >= 0.3 is 5.97 Å². The number of nitrogens with zero attached hydrogens (tertiary/aromatic N) is 3. The van der Waals surface area contributed by atoms with Gasteiger partial charge in [-0.3, -0.25) is 4.79 Å². The van der Waals surface area contributed by atoms with Gasteiger partial charge in [-0.05, 0) is 17.7 Å². The largest absolute Gasteiger partial charge is 0.478 e. The van der Waals surface area contributed by atoms with Gasteiger partial charge in [-0.25, -0.2) is 14.8 Å². The van der Waals surface area contributed by atoms with Crippen LogP contribution < -0.4 is 0 Å². The summed E-state index contributed by atoms with van der Waals surface area (Å²) in [6.07, 6.45) is 4.28. The minimum atomic E-state index is -0.970. The average molecular weight is 271 g/mol. The maximum atomic E-state index is 12.1. The molecule has 0 spiro atoms. The molecule has 0 radical (unpaired) electrons. The first-order valence-electron chi connectivity index (χ1n) is 5.90. The number of rotatable bonds is 4. The van der Waals surface area contributed by atoms with Crippen LogP contribution in [0.1, 0.15) is 26.3 Å². The van der Waals surface area contributed by atoms with Crippen LogP contribution in [0.5, 0.6) is 0 Å². The number of carboxylic acids is 1. The Kier molecular flexibility index (Phi) is 4.05. The van der Waals surface area contributed by atoms with E-state index in [9.17, 15) is 9.59 Å². The fourth-order valence-electron chi connectivity index (χ4n) is 1.73. The molecule has 1 amide bonds. The Morgan fingerprint density at radius 1 is 1.10 bits per heavy atom. The van der Waals surface area contributed by atoms with Gasteiger partial charge in [0.15, 0.2) is 0 Å². The van der Waals surface area contributed by atoms with Crippen LogP contribution in [0.25, 0.3) is 0 Å². The first-order valence-corrected chi connectivity index (χ1v) is 5.90. The zero-order valence-corrected chi connectivity index (χ0v) is 10.9. The van der Waals surface area contributed by atoms with Gasteiger partial charge in [0, 0.05) is 26.0 Å². The van der Waals surface area contributed by atoms with Gasteiger partial charge in [0.2, 0.25) is 0 Å². The Balaban J connectivity index is 2.06. The molecule has 0 fully saturated rings. The molecule has 0 saturated carbocycles. The van der Waals surface area contributed by atoms with E-state index in [1.807, 2.05) is 0 Å². The number of amides is 1. The minimum Gasteiger partial charge on any atom is -0.478 e. The first kappa shape index (κ1) is 13.7. The molecule has 0 aliphatic rings. The fourth-order valence-corrected chi connectivity index (χ4v) is 1.73. The molecule has 1 aromatic carbocycles. The van der Waals surface area contributed by atoms with Crippen molar-refractivity contribution in [2.24, 2.45) is 0 Å². The van der Waals surface area contributed by atoms with E-state index < -0.39 is 5.97 Å². The molecule has 20 heavy (non-hydrogen) atoms. The normalized spacial score (nSPS) is 10.1. The van der Waals surface area contributed by atoms with Crippen molar-refractivity contribution < 1.29 is 14.7 Å². The highest BCUT2D eigenvalue weighted by Crippen LogP contribution is 2.09. The van der Waals surface area contributed by atoms with Gasteiger partial charge in [0.25, 0.3) is 5.91 Å². The molecule has 2 aromatic rings. The molecule has 0 atom stereocenters. The van der Waals surface area contributed by atoms with Crippen LogP contribution in [-0.2, 0) is 6.54 Å². The second-order valence-electron chi connectivity index (χ2n) is 4.29. The fraction of sp³-hybridized carbons (Fsp3) is 0.143. The topological polar surface area (TPSA) is 83.4 Å². The Bertz CT molecular complexity index is 611. The van der Waals surface area contributed by atoms with Crippen LogP contribution in [0.2, 0.25) is 0 Å². The number of hydrogen-bond acceptors (Lipinski definition) is 4. The van der Waals surface area contributed by atoms with E-state index in [1.54, 1.807) is 19.2 Å². The monoisotopic (exact) mass is 271 g/mol. The zero-order valence-electron chi connectivity index (χ0n) is 10.9. The molecular weight excluding hydrogens is 258 g/mol. The average Bonchev–Trinajstić information content (AvgIpc) is 2.48. The zero-order chi connectivity index (χ0) is 14.5. The van der Waals surface area contributed by atoms with E-state index in [4.69, 9.17) is 5.11 Å². The second kappa shape index (κ2) is 5.92. The second-order valence-corrected chi connectivity index (χ2v) is 4.29. The molecule has 6 heteroatoms. The minimum absolute atomic E-state index is 0.187. The van der Waals surface area contributed by atoms with Crippen LogP contribution >= 0.6 is 0 Å². The van der Waals surface area contributed by atoms with Crippen LogP contribution in [0.4, 0.5) is 0 Å². The van der Waals surface area contributed by atoms with Crippen molar-refractivity contribution in [3.63, 3.8) is 0 Å². The lowest BCUT2D eigenvalue weighted by atomic mass is 10.1. The molecule has 0 saturated heterocycles. The maximum Gasteiger partial charge on any atom is 0.335 e. The van der Waals surface area contributed by atoms with Crippen LogP contribution in [-0.4, -0.2) is 38.9 Å². The van der Waals surface area contributed by atoms with Crippen molar-refractivity contribution in [2.45, 2.75) is 6.54 Å². The molecule has 1 aromatic heterocycles. The molecule has 1 N–H and O–H groups in total. The molecular formula is C14H13N3O3. The predicted octanol–water partition coefficient (Wildman–Crippen LogP) is 1.45. The summed E-state index contributed by atoms with van der Waals surface area (Å²) in [6, 6.07) is 6.41. The number of carbonyl (C=O) groups is 2. The van der Waals surface area contributed by atoms with E-state index in [0.717, 1.165) is 5.56 Å². The van der Waals surface area contributed by atoms with Gasteiger partial charge in [-0.2, -0.15) is 0 Å². The third kappa shape index (κ3) is 3.17. The van der Waals surface area contributed by atoms with Crippen molar-refractivity contribution in [3.05, 3.63) is 59.7 Å². The van der Waals surface area contributed by atoms with Gasteiger partial charge in [-0.15, -0.1) is 0 Å². The van der Waals surface area contributed by atoms with Crippen molar-refractivity contribution in [1.82, 2.24) is 14.9 Å². The lowest BCUT2D eigenvalue weighted by Gasteiger charge is -2.17. The summed E-state index contributed by atoms with van der Waals surface area (Å²) in [6.45, 7) is 0.383. The third-order valence-electron chi connectivity index (χ3n) is 2.77. The molecule has 0 aliphatic carbocycles. The Morgan fingerprint density at radius 3 is 2.25 bits per heavy atom. The maximum absolute atomic E-state index is 12.1. The lowest BCUT2D eigenvalue weighted by molar-refractivity contribution is 0.0695. The summed E-state index contributed by atoms with van der Waals surface area (Å²) in [4.78, 5) is 32.0. The summed E-state index contributed by atoms with van der Waals surface area (Å²) in [5, 5.41) is 8.82. The molecule has 0 unspecified atom stereocenters. The molecule has 102 valence electrons. The summed E-state index contributed by atoms with van der Waals surface area (Å²) < 4.78 is 0. The van der Waals surface area contributed by atoms with Gasteiger partial charge in [0.05, 0.1) is 11.1 Å². The Hall–Kier alpha value is -2.76. The van der Waals surface area contributed by atoms with Gasteiger partial charge in [-0.1, -0.05) is 12.1 Å². The van der Waals surface area contributed by atoms with E-state index >= 15 is 0 Å². The first-order chi connectivity index (χ1) is 9.58. The van der Waals surface area contributed by atoms with Crippen molar-refractivity contribution in [3.8, 4) is 0 Å². The number of aromatic nitrogens is 2. The van der Waals surface area contributed by atoms with Gasteiger partial charge in [0.1, 0.15) is 6.33 Å². The number of carboxylic acid groups (broad SMARTS) is 1. The van der Waals surface area contributed by atoms with E-state index in [-0.39, 0.29) is 11.5 Å². The SMILES string of the molecule is CN(Cc1ccc(C(=O)O)cc1)C(=O)c1cncnc1. The van der Waals surface area contributed by atoms with Gasteiger partial charge < -0.3 is 10.0 Å². The van der Waals surface area contributed by atoms with Crippen LogP contribution in [0, 0.1) is 0 Å². The Morgan fingerprint density at radius 2 is 1.70 bits per heavy atom. The van der Waals surface area contributed by atoms with Crippen molar-refractivity contribution >= 4 is 11.9 Å². The smallest absolute Gasteiger partial charge is 0.335 e. The standard InChI is InChI=1S/C14H13N3O3/c1-17(13(18)12-6-15-9-16-7-12)8-10-2-4-11(5-3-10)14(19)20/h2-7,9H,8H2,1H3,(H,19,20). The van der Waals surface area contributed by atoms with Crippen LogP contribution in [0.3, 0.4) is 0 Å². The number of carbonyl (C=O) groups excluding carboxylic acids is 1. The molecule has 1 heterocycles. The van der Waals surface area contributed by atoms with Crippen LogP contribution in [0.15, 0.2) is 43.0 Å². The van der Waals surface area contributed by atoms with E-state index in [1.165, 1.54) is 35.8 Å². The third-order valence-corrected chi connectivity index (χ3v) is 2.77. The lowest BCUT2D eigenvalue weighted by Crippen LogP contribution is -2.26. The van der Waals surface area contributed by atoms with E-state index in [2.05, 4.69) is 9.97 Å². The van der Waals surface area contributed by atoms with Crippen molar-refractivity contribution in [2.75, 3.05) is 7.05 Å². The summed E-state index contributed by atoms with van der Waals surface area (Å²) in [5.74, 6) is -1.16. The number of hydrogen-bond donors (Lipinski definition) is 1. The molecule has 2 rings (SSSR count). The summed E-state index contributed by atoms with van der Waals surface area (Å²) in [7, 11) is 1.67. The predicted molar refractivity (Wildman–Crippen MR) is 71.2 cm³/mol. The summed E-state index contributed by atoms with van der Waals surface area (Å²) in [5.41, 5.74) is 1.49.